The predicted octanol–water partition coefficient (Wildman–Crippen LogP) is 0.927. The van der Waals surface area contributed by atoms with Crippen LogP contribution in [0.15, 0.2) is 0 Å². The maximum absolute atomic E-state index is 7.32. The van der Waals surface area contributed by atoms with Gasteiger partial charge in [0.15, 0.2) is 0 Å². The summed E-state index contributed by atoms with van der Waals surface area (Å²) in [6.07, 6.45) is 0. The van der Waals surface area contributed by atoms with Crippen LogP contribution in [0.3, 0.4) is 0 Å². The molecule has 0 heterocycles. The summed E-state index contributed by atoms with van der Waals surface area (Å²) in [5.41, 5.74) is 0. The van der Waals surface area contributed by atoms with Crippen LogP contribution in [0.5, 0.6) is 0 Å². The zero-order valence-corrected chi connectivity index (χ0v) is 4.24. The van der Waals surface area contributed by atoms with Gasteiger partial charge in [-0.1, -0.05) is 12.6 Å². The van der Waals surface area contributed by atoms with Crippen molar-refractivity contribution in [1.82, 2.24) is 0 Å². The van der Waals surface area contributed by atoms with E-state index in [0.717, 1.165) is 0 Å². The van der Waals surface area contributed by atoms with E-state index >= 15 is 0 Å². The van der Waals surface area contributed by atoms with Gasteiger partial charge in [0.1, 0.15) is 5.40 Å². The molecular weight excluding hydrogens is 96.1 g/mol. The Morgan fingerprint density at radius 2 is 1.50 bits per heavy atom. The minimum absolute atomic E-state index is 1.43. The third kappa shape index (κ3) is 40.3. The molecule has 6 heavy (non-hydrogen) atoms. The van der Waals surface area contributed by atoms with Gasteiger partial charge in [-0.2, -0.15) is 10.5 Å². The molecule has 0 amide bonds. The van der Waals surface area contributed by atoms with Crippen molar-refractivity contribution in [2.45, 2.75) is 6.92 Å². The Morgan fingerprint density at radius 3 is 1.50 bits per heavy atom. The molecule has 0 aliphatic rings. The van der Waals surface area contributed by atoms with Crippen molar-refractivity contribution < 1.29 is 0 Å². The third-order valence-corrected chi connectivity index (χ3v) is 0. The molecule has 0 saturated heterocycles. The zero-order chi connectivity index (χ0) is 5.41. The van der Waals surface area contributed by atoms with E-state index in [1.807, 2.05) is 0 Å². The van der Waals surface area contributed by atoms with Gasteiger partial charge in [0.2, 0.25) is 0 Å². The highest BCUT2D eigenvalue weighted by Crippen LogP contribution is 1.46. The Labute approximate surface area is 42.4 Å². The molecule has 0 aromatic rings. The SMILES string of the molecule is CC#N.N#CS. The molecule has 3 heteroatoms. The number of rotatable bonds is 0. The van der Waals surface area contributed by atoms with Gasteiger partial charge in [0, 0.05) is 6.92 Å². The van der Waals surface area contributed by atoms with Crippen molar-refractivity contribution in [2.75, 3.05) is 0 Å². The number of hydrogen-bond donors (Lipinski definition) is 1. The van der Waals surface area contributed by atoms with Crippen molar-refractivity contribution in [3.8, 4) is 11.5 Å². The highest BCUT2D eigenvalue weighted by Gasteiger charge is 1.18. The molecule has 32 valence electrons. The monoisotopic (exact) mass is 100 g/mol. The van der Waals surface area contributed by atoms with Crippen LogP contribution in [-0.2, 0) is 0 Å². The Kier molecular flexibility index (Phi) is 40.8. The van der Waals surface area contributed by atoms with Crippen LogP contribution in [0.2, 0.25) is 0 Å². The van der Waals surface area contributed by atoms with E-state index in [1.165, 1.54) is 12.3 Å². The number of nitriles is 2. The first kappa shape index (κ1) is 9.01. The van der Waals surface area contributed by atoms with E-state index < -0.39 is 0 Å². The quantitative estimate of drug-likeness (QED) is 0.363. The van der Waals surface area contributed by atoms with E-state index in [2.05, 4.69) is 12.6 Å². The van der Waals surface area contributed by atoms with E-state index in [4.69, 9.17) is 10.5 Å². The number of thiol groups is 1. The van der Waals surface area contributed by atoms with Gasteiger partial charge in [0.05, 0.1) is 6.07 Å². The molecule has 0 rings (SSSR count). The van der Waals surface area contributed by atoms with Gasteiger partial charge < -0.3 is 0 Å². The highest BCUT2D eigenvalue weighted by atomic mass is 32.1. The van der Waals surface area contributed by atoms with Crippen molar-refractivity contribution in [3.63, 3.8) is 0 Å². The van der Waals surface area contributed by atoms with Crippen LogP contribution < -0.4 is 0 Å². The van der Waals surface area contributed by atoms with Gasteiger partial charge in [-0.3, -0.25) is 0 Å². The smallest absolute Gasteiger partial charge is 0.130 e. The number of nitrogens with zero attached hydrogens (tertiary/aromatic N) is 2. The summed E-state index contributed by atoms with van der Waals surface area (Å²) in [5.74, 6) is 0. The second-order valence-corrected chi connectivity index (χ2v) is 0.524. The lowest BCUT2D eigenvalue weighted by Gasteiger charge is -1.15. The van der Waals surface area contributed by atoms with Gasteiger partial charge in [0.25, 0.3) is 0 Å². The molecule has 0 fully saturated rings. The lowest BCUT2D eigenvalue weighted by Crippen LogP contribution is -1.10. The van der Waals surface area contributed by atoms with Crippen LogP contribution in [-0.4, -0.2) is 0 Å². The summed E-state index contributed by atoms with van der Waals surface area (Å²) >= 11 is 3.09. The summed E-state index contributed by atoms with van der Waals surface area (Å²) in [5, 5.41) is 15.9. The van der Waals surface area contributed by atoms with E-state index in [0.29, 0.717) is 0 Å². The van der Waals surface area contributed by atoms with Crippen LogP contribution >= 0.6 is 12.6 Å². The molecule has 0 aromatic carbocycles. The zero-order valence-electron chi connectivity index (χ0n) is 3.34. The van der Waals surface area contributed by atoms with Gasteiger partial charge in [-0.25, -0.2) is 0 Å². The fraction of sp³-hybridized carbons (Fsp3) is 0.333. The molecule has 0 spiro atoms. The topological polar surface area (TPSA) is 47.6 Å². The van der Waals surface area contributed by atoms with E-state index in [9.17, 15) is 0 Å². The summed E-state index contributed by atoms with van der Waals surface area (Å²) in [6, 6.07) is 1.75. The number of thiocyanates is 1. The fourth-order valence-electron chi connectivity index (χ4n) is 0. The molecule has 0 saturated carbocycles. The van der Waals surface area contributed by atoms with Gasteiger partial charge >= 0.3 is 0 Å². The predicted molar refractivity (Wildman–Crippen MR) is 25.9 cm³/mol. The summed E-state index contributed by atoms with van der Waals surface area (Å²) < 4.78 is 0. The first-order valence-corrected chi connectivity index (χ1v) is 1.62. The van der Waals surface area contributed by atoms with Crippen LogP contribution in [0, 0.1) is 22.0 Å². The average Bonchev–Trinajstić information content (AvgIpc) is 1.39. The normalized spacial score (nSPS) is 2.67. The molecule has 0 unspecified atom stereocenters. The highest BCUT2D eigenvalue weighted by molar-refractivity contribution is 7.85. The van der Waals surface area contributed by atoms with Crippen LogP contribution in [0.4, 0.5) is 0 Å². The molecule has 0 aliphatic carbocycles. The molecule has 0 N–H and O–H groups in total. The van der Waals surface area contributed by atoms with E-state index in [1.54, 1.807) is 6.07 Å². The van der Waals surface area contributed by atoms with E-state index in [-0.39, 0.29) is 0 Å². The Hall–Kier alpha value is -0.670. The molecule has 0 aliphatic heterocycles. The molecule has 0 bridgehead atoms. The molecular formula is C3H4N2S. The summed E-state index contributed by atoms with van der Waals surface area (Å²) in [6.45, 7) is 1.43. The Balaban J connectivity index is 0. The standard InChI is InChI=1S/C2H3N.CHNS/c1-2-3;2-1-3/h1H3;3H. The lowest BCUT2D eigenvalue weighted by atomic mass is 11.0. The van der Waals surface area contributed by atoms with Crippen LogP contribution in [0.25, 0.3) is 0 Å². The Bertz CT molecular complexity index is 63.8. The third-order valence-electron chi connectivity index (χ3n) is 0. The molecule has 0 atom stereocenters. The average molecular weight is 100 g/mol. The first-order valence-electron chi connectivity index (χ1n) is 1.17. The van der Waals surface area contributed by atoms with Gasteiger partial charge in [-0.05, 0) is 0 Å². The minimum atomic E-state index is 1.43. The lowest BCUT2D eigenvalue weighted by molar-refractivity contribution is 1.49. The summed E-state index contributed by atoms with van der Waals surface area (Å²) in [4.78, 5) is 0. The van der Waals surface area contributed by atoms with Crippen LogP contribution in [0.1, 0.15) is 6.92 Å². The second kappa shape index (κ2) is 27.1. The Morgan fingerprint density at radius 1 is 1.50 bits per heavy atom. The maximum Gasteiger partial charge on any atom is 0.130 e. The largest absolute Gasteiger partial charge is 0.199 e. The molecule has 2 nitrogen and oxygen atoms in total. The number of hydrogen-bond acceptors (Lipinski definition) is 3. The summed E-state index contributed by atoms with van der Waals surface area (Å²) in [7, 11) is 0. The molecule has 0 radical (unpaired) electrons. The van der Waals surface area contributed by atoms with Crippen molar-refractivity contribution >= 4 is 12.6 Å². The molecule has 0 aromatic heterocycles. The second-order valence-electron chi connectivity index (χ2n) is 0.324. The minimum Gasteiger partial charge on any atom is -0.199 e. The van der Waals surface area contributed by atoms with Gasteiger partial charge in [-0.15, -0.1) is 0 Å². The maximum atomic E-state index is 7.32. The first-order chi connectivity index (χ1) is 2.83. The van der Waals surface area contributed by atoms with Crippen molar-refractivity contribution in [3.05, 3.63) is 0 Å². The van der Waals surface area contributed by atoms with Crippen molar-refractivity contribution in [2.24, 2.45) is 0 Å². The van der Waals surface area contributed by atoms with Crippen molar-refractivity contribution in [1.29, 1.82) is 10.5 Å². The fourth-order valence-corrected chi connectivity index (χ4v) is 0.